The van der Waals surface area contributed by atoms with Crippen molar-refractivity contribution >= 4 is 28.3 Å². The predicted molar refractivity (Wildman–Crippen MR) is 121 cm³/mol. The first-order valence-electron chi connectivity index (χ1n) is 10.6. The second-order valence-corrected chi connectivity index (χ2v) is 8.40. The van der Waals surface area contributed by atoms with Crippen LogP contribution in [0.4, 0.5) is 11.5 Å². The van der Waals surface area contributed by atoms with Gasteiger partial charge in [0, 0.05) is 50.4 Å². The number of fused-ring (bicyclic) bond motifs is 1. The Hall–Kier alpha value is -3.09. The van der Waals surface area contributed by atoms with Crippen molar-refractivity contribution in [2.24, 2.45) is 7.05 Å². The number of hydrogen-bond acceptors (Lipinski definition) is 5. The van der Waals surface area contributed by atoms with Crippen molar-refractivity contribution in [1.82, 2.24) is 20.1 Å². The molecule has 0 atom stereocenters. The SMILES string of the molecule is Cc1cc(C(=O)N[C@H]2CC[C@@H](Nc3cc(N(C)C)c4ccccc4n3)CC2)n(C)n1. The lowest BCUT2D eigenvalue weighted by atomic mass is 9.91. The van der Waals surface area contributed by atoms with Crippen LogP contribution in [0.5, 0.6) is 0 Å². The van der Waals surface area contributed by atoms with Crippen LogP contribution >= 0.6 is 0 Å². The van der Waals surface area contributed by atoms with E-state index >= 15 is 0 Å². The smallest absolute Gasteiger partial charge is 0.269 e. The minimum absolute atomic E-state index is 0.0404. The van der Waals surface area contributed by atoms with Crippen molar-refractivity contribution in [3.63, 3.8) is 0 Å². The highest BCUT2D eigenvalue weighted by molar-refractivity contribution is 5.93. The molecular formula is C23H30N6O. The van der Waals surface area contributed by atoms with Gasteiger partial charge in [-0.1, -0.05) is 18.2 Å². The van der Waals surface area contributed by atoms with Crippen LogP contribution < -0.4 is 15.5 Å². The van der Waals surface area contributed by atoms with Crippen molar-refractivity contribution in [2.45, 2.75) is 44.7 Å². The first-order valence-corrected chi connectivity index (χ1v) is 10.6. The van der Waals surface area contributed by atoms with Gasteiger partial charge in [-0.25, -0.2) is 4.98 Å². The van der Waals surface area contributed by atoms with Gasteiger partial charge in [-0.2, -0.15) is 5.10 Å². The maximum Gasteiger partial charge on any atom is 0.269 e. The van der Waals surface area contributed by atoms with Crippen LogP contribution in [0.2, 0.25) is 0 Å². The molecule has 0 spiro atoms. The molecule has 158 valence electrons. The minimum atomic E-state index is -0.0404. The molecule has 4 rings (SSSR count). The van der Waals surface area contributed by atoms with Crippen LogP contribution in [0.15, 0.2) is 36.4 Å². The Kier molecular flexibility index (Phi) is 5.61. The number of aryl methyl sites for hydroxylation is 2. The van der Waals surface area contributed by atoms with Crippen molar-refractivity contribution in [2.75, 3.05) is 24.3 Å². The number of nitrogens with zero attached hydrogens (tertiary/aromatic N) is 4. The number of anilines is 2. The lowest BCUT2D eigenvalue weighted by Gasteiger charge is -2.30. The second kappa shape index (κ2) is 8.34. The number of hydrogen-bond donors (Lipinski definition) is 2. The third-order valence-corrected chi connectivity index (χ3v) is 5.83. The van der Waals surface area contributed by atoms with Crippen LogP contribution in [0.3, 0.4) is 0 Å². The standard InChI is InChI=1S/C23H30N6O/c1-15-13-21(29(4)27-15)23(30)25-17-11-9-16(10-12-17)24-22-14-20(28(2)3)18-7-5-6-8-19(18)26-22/h5-8,13-14,16-17H,9-12H2,1-4H3,(H,24,26)(H,25,30)/t16-,17+. The van der Waals surface area contributed by atoms with Gasteiger partial charge < -0.3 is 15.5 Å². The zero-order valence-electron chi connectivity index (χ0n) is 18.1. The number of para-hydroxylation sites is 1. The Morgan fingerprint density at radius 2 is 1.80 bits per heavy atom. The summed E-state index contributed by atoms with van der Waals surface area (Å²) in [5.74, 6) is 0.872. The Balaban J connectivity index is 1.38. The molecule has 30 heavy (non-hydrogen) atoms. The van der Waals surface area contributed by atoms with Crippen LogP contribution in [-0.2, 0) is 7.05 Å². The van der Waals surface area contributed by atoms with Crippen molar-refractivity contribution in [1.29, 1.82) is 0 Å². The summed E-state index contributed by atoms with van der Waals surface area (Å²) in [7, 11) is 5.92. The molecule has 0 radical (unpaired) electrons. The van der Waals surface area contributed by atoms with Gasteiger partial charge in [0.1, 0.15) is 11.5 Å². The number of amides is 1. The average Bonchev–Trinajstić information content (AvgIpc) is 3.07. The molecule has 0 bridgehead atoms. The van der Waals surface area contributed by atoms with Crippen molar-refractivity contribution in [3.05, 3.63) is 47.8 Å². The Bertz CT molecular complexity index is 1050. The summed E-state index contributed by atoms with van der Waals surface area (Å²) < 4.78 is 1.64. The molecule has 3 aromatic rings. The number of aromatic nitrogens is 3. The molecule has 2 aromatic heterocycles. The van der Waals surface area contributed by atoms with Crippen molar-refractivity contribution in [3.8, 4) is 0 Å². The molecule has 1 aliphatic rings. The van der Waals surface area contributed by atoms with E-state index in [1.807, 2.05) is 25.1 Å². The molecule has 1 aromatic carbocycles. The minimum Gasteiger partial charge on any atom is -0.377 e. The summed E-state index contributed by atoms with van der Waals surface area (Å²) in [6, 6.07) is 12.8. The zero-order chi connectivity index (χ0) is 21.3. The van der Waals surface area contributed by atoms with E-state index in [-0.39, 0.29) is 11.9 Å². The highest BCUT2D eigenvalue weighted by Crippen LogP contribution is 2.29. The number of nitrogens with one attached hydrogen (secondary N) is 2. The lowest BCUT2D eigenvalue weighted by molar-refractivity contribution is 0.0917. The van der Waals surface area contributed by atoms with Gasteiger partial charge >= 0.3 is 0 Å². The third kappa shape index (κ3) is 4.25. The summed E-state index contributed by atoms with van der Waals surface area (Å²) in [5.41, 5.74) is 3.63. The van der Waals surface area contributed by atoms with E-state index in [1.165, 1.54) is 0 Å². The highest BCUT2D eigenvalue weighted by atomic mass is 16.2. The van der Waals surface area contributed by atoms with E-state index in [0.29, 0.717) is 11.7 Å². The highest BCUT2D eigenvalue weighted by Gasteiger charge is 2.24. The largest absolute Gasteiger partial charge is 0.377 e. The quantitative estimate of drug-likeness (QED) is 0.678. The normalized spacial score (nSPS) is 18.9. The summed E-state index contributed by atoms with van der Waals surface area (Å²) in [6.45, 7) is 1.90. The average molecular weight is 407 g/mol. The molecule has 1 saturated carbocycles. The first kappa shape index (κ1) is 20.2. The summed E-state index contributed by atoms with van der Waals surface area (Å²) in [5, 5.41) is 12.2. The lowest BCUT2D eigenvalue weighted by Crippen LogP contribution is -2.40. The molecule has 7 heteroatoms. The molecular weight excluding hydrogens is 376 g/mol. The van der Waals surface area contributed by atoms with Gasteiger partial charge in [-0.15, -0.1) is 0 Å². The fourth-order valence-electron chi connectivity index (χ4n) is 4.27. The van der Waals surface area contributed by atoms with E-state index < -0.39 is 0 Å². The fourth-order valence-corrected chi connectivity index (χ4v) is 4.27. The Morgan fingerprint density at radius 1 is 1.10 bits per heavy atom. The van der Waals surface area contributed by atoms with Crippen molar-refractivity contribution < 1.29 is 4.79 Å². The topological polar surface area (TPSA) is 75.1 Å². The third-order valence-electron chi connectivity index (χ3n) is 5.83. The van der Waals surface area contributed by atoms with Crippen LogP contribution in [0.1, 0.15) is 41.9 Å². The number of carbonyl (C=O) groups is 1. The number of benzene rings is 1. The number of carbonyl (C=O) groups excluding carboxylic acids is 1. The molecule has 2 N–H and O–H groups in total. The van der Waals surface area contributed by atoms with E-state index in [9.17, 15) is 4.79 Å². The van der Waals surface area contributed by atoms with Gasteiger partial charge in [0.05, 0.1) is 11.2 Å². The summed E-state index contributed by atoms with van der Waals surface area (Å²) in [4.78, 5) is 19.5. The molecule has 1 amide bonds. The molecule has 0 unspecified atom stereocenters. The molecule has 0 saturated heterocycles. The van der Waals surface area contributed by atoms with Gasteiger partial charge in [0.25, 0.3) is 5.91 Å². The van der Waals surface area contributed by atoms with E-state index in [4.69, 9.17) is 4.98 Å². The molecule has 1 fully saturated rings. The Morgan fingerprint density at radius 3 is 2.47 bits per heavy atom. The van der Waals surface area contributed by atoms with E-state index in [0.717, 1.165) is 53.8 Å². The monoisotopic (exact) mass is 406 g/mol. The maximum atomic E-state index is 12.5. The van der Waals surface area contributed by atoms with E-state index in [1.54, 1.807) is 11.7 Å². The Labute approximate surface area is 177 Å². The van der Waals surface area contributed by atoms with Crippen LogP contribution in [0.25, 0.3) is 10.9 Å². The first-order chi connectivity index (χ1) is 14.4. The number of pyridine rings is 1. The molecule has 7 nitrogen and oxygen atoms in total. The predicted octanol–water partition coefficient (Wildman–Crippen LogP) is 3.50. The summed E-state index contributed by atoms with van der Waals surface area (Å²) in [6.07, 6.45) is 3.91. The van der Waals surface area contributed by atoms with Gasteiger partial charge in [0.15, 0.2) is 0 Å². The fraction of sp³-hybridized carbons (Fsp3) is 0.435. The second-order valence-electron chi connectivity index (χ2n) is 8.40. The van der Waals surface area contributed by atoms with Gasteiger partial charge in [-0.3, -0.25) is 9.48 Å². The zero-order valence-corrected chi connectivity index (χ0v) is 18.1. The molecule has 2 heterocycles. The van der Waals surface area contributed by atoms with Gasteiger partial charge in [0.2, 0.25) is 0 Å². The maximum absolute atomic E-state index is 12.5. The number of rotatable bonds is 5. The van der Waals surface area contributed by atoms with Gasteiger partial charge in [-0.05, 0) is 44.7 Å². The summed E-state index contributed by atoms with van der Waals surface area (Å²) >= 11 is 0. The van der Waals surface area contributed by atoms with Crippen LogP contribution in [0, 0.1) is 6.92 Å². The molecule has 0 aliphatic heterocycles. The van der Waals surface area contributed by atoms with Crippen LogP contribution in [-0.4, -0.2) is 46.9 Å². The van der Waals surface area contributed by atoms with E-state index in [2.05, 4.69) is 52.9 Å². The molecule has 1 aliphatic carbocycles.